The van der Waals surface area contributed by atoms with Gasteiger partial charge in [-0.05, 0) is 22.8 Å². The molecule has 2 aromatic rings. The van der Waals surface area contributed by atoms with Crippen LogP contribution in [0.2, 0.25) is 5.54 Å². The van der Waals surface area contributed by atoms with E-state index >= 15 is 0 Å². The van der Waals surface area contributed by atoms with E-state index in [1.807, 2.05) is 0 Å². The molecule has 0 aliphatic heterocycles. The third-order valence-electron chi connectivity index (χ3n) is 4.08. The molecule has 0 aliphatic rings. The fourth-order valence-electron chi connectivity index (χ4n) is 2.93. The lowest BCUT2D eigenvalue weighted by atomic mass is 10.3. The molecule has 2 heteroatoms. The molecule has 0 fully saturated rings. The van der Waals surface area contributed by atoms with Gasteiger partial charge in [-0.3, -0.25) is 0 Å². The highest BCUT2D eigenvalue weighted by Gasteiger charge is 2.43. The van der Waals surface area contributed by atoms with Crippen LogP contribution >= 0.6 is 0 Å². The number of hydrogen-bond acceptors (Lipinski definition) is 1. The number of hydrogen-bond donors (Lipinski definition) is 0. The quantitative estimate of drug-likeness (QED) is 0.737. The van der Waals surface area contributed by atoms with Gasteiger partial charge in [0.1, 0.15) is 0 Å². The van der Waals surface area contributed by atoms with Gasteiger partial charge in [-0.25, -0.2) is 0 Å². The Bertz CT molecular complexity index is 470. The third-order valence-corrected chi connectivity index (χ3v) is 9.01. The molecule has 0 N–H and O–H groups in total. The minimum absolute atomic E-state index is 0.548. The zero-order valence-electron chi connectivity index (χ0n) is 12.7. The topological polar surface area (TPSA) is 9.23 Å². The van der Waals surface area contributed by atoms with Crippen LogP contribution in [0.1, 0.15) is 27.2 Å². The van der Waals surface area contributed by atoms with E-state index in [9.17, 15) is 0 Å². The molecular formula is C18H24OSi. The van der Waals surface area contributed by atoms with Crippen molar-refractivity contribution in [3.05, 3.63) is 60.7 Å². The van der Waals surface area contributed by atoms with Gasteiger partial charge in [-0.2, -0.15) is 0 Å². The summed E-state index contributed by atoms with van der Waals surface area (Å²) in [5.41, 5.74) is 0.548. The van der Waals surface area contributed by atoms with E-state index in [2.05, 4.69) is 81.4 Å². The SMILES string of the molecule is CCO[Si](c1ccccc1)(c1ccccc1)C(C)CC. The molecule has 0 saturated carbocycles. The molecule has 0 heterocycles. The van der Waals surface area contributed by atoms with E-state index in [4.69, 9.17) is 4.43 Å². The summed E-state index contributed by atoms with van der Waals surface area (Å²) in [4.78, 5) is 0. The summed E-state index contributed by atoms with van der Waals surface area (Å²) < 4.78 is 6.49. The van der Waals surface area contributed by atoms with Crippen molar-refractivity contribution in [2.45, 2.75) is 32.7 Å². The van der Waals surface area contributed by atoms with Gasteiger partial charge in [0.25, 0.3) is 8.32 Å². The van der Waals surface area contributed by atoms with Gasteiger partial charge in [-0.15, -0.1) is 0 Å². The molecule has 0 aliphatic carbocycles. The van der Waals surface area contributed by atoms with Gasteiger partial charge in [0.2, 0.25) is 0 Å². The second-order valence-corrected chi connectivity index (χ2v) is 9.11. The summed E-state index contributed by atoms with van der Waals surface area (Å²) in [6.07, 6.45) is 1.13. The van der Waals surface area contributed by atoms with Gasteiger partial charge in [-0.1, -0.05) is 80.9 Å². The van der Waals surface area contributed by atoms with Crippen molar-refractivity contribution in [1.82, 2.24) is 0 Å². The fraction of sp³-hybridized carbons (Fsp3) is 0.333. The zero-order valence-corrected chi connectivity index (χ0v) is 13.7. The van der Waals surface area contributed by atoms with Crippen molar-refractivity contribution in [2.75, 3.05) is 6.61 Å². The second-order valence-electron chi connectivity index (χ2n) is 5.21. The lowest BCUT2D eigenvalue weighted by molar-refractivity contribution is 0.330. The first-order valence-corrected chi connectivity index (χ1v) is 9.49. The molecule has 1 nitrogen and oxygen atoms in total. The first-order valence-electron chi connectivity index (χ1n) is 7.50. The van der Waals surface area contributed by atoms with Gasteiger partial charge < -0.3 is 4.43 Å². The first kappa shape index (κ1) is 15.0. The molecule has 106 valence electrons. The maximum absolute atomic E-state index is 6.49. The van der Waals surface area contributed by atoms with Crippen LogP contribution in [0, 0.1) is 0 Å². The Balaban J connectivity index is 2.63. The molecule has 0 bridgehead atoms. The Morgan fingerprint density at radius 3 is 1.65 bits per heavy atom. The zero-order chi connectivity index (χ0) is 14.4. The molecule has 0 radical (unpaired) electrons. The van der Waals surface area contributed by atoms with Crippen LogP contribution < -0.4 is 10.4 Å². The molecule has 0 amide bonds. The summed E-state index contributed by atoms with van der Waals surface area (Å²) in [6.45, 7) is 7.47. The molecule has 1 atom stereocenters. The van der Waals surface area contributed by atoms with Crippen molar-refractivity contribution >= 4 is 18.7 Å². The van der Waals surface area contributed by atoms with E-state index in [0.717, 1.165) is 13.0 Å². The molecule has 2 rings (SSSR count). The van der Waals surface area contributed by atoms with E-state index in [1.165, 1.54) is 10.4 Å². The lowest BCUT2D eigenvalue weighted by Crippen LogP contribution is -2.63. The average molecular weight is 284 g/mol. The molecule has 0 spiro atoms. The van der Waals surface area contributed by atoms with Crippen LogP contribution in [-0.4, -0.2) is 14.9 Å². The fourth-order valence-corrected chi connectivity index (χ4v) is 7.43. The highest BCUT2D eigenvalue weighted by Crippen LogP contribution is 2.26. The normalized spacial score (nSPS) is 13.2. The number of benzene rings is 2. The van der Waals surface area contributed by atoms with Crippen LogP contribution in [0.15, 0.2) is 60.7 Å². The molecule has 2 aromatic carbocycles. The summed E-state index contributed by atoms with van der Waals surface area (Å²) in [6, 6.07) is 21.6. The predicted octanol–water partition coefficient (Wildman–Crippen LogP) is 3.58. The maximum atomic E-state index is 6.49. The van der Waals surface area contributed by atoms with Crippen LogP contribution in [0.4, 0.5) is 0 Å². The van der Waals surface area contributed by atoms with Gasteiger partial charge in [0.05, 0.1) is 0 Å². The van der Waals surface area contributed by atoms with Crippen molar-refractivity contribution in [3.63, 3.8) is 0 Å². The van der Waals surface area contributed by atoms with Crippen LogP contribution in [0.5, 0.6) is 0 Å². The van der Waals surface area contributed by atoms with E-state index in [1.54, 1.807) is 0 Å². The smallest absolute Gasteiger partial charge is 0.258 e. The van der Waals surface area contributed by atoms with E-state index in [-0.39, 0.29) is 0 Å². The third kappa shape index (κ3) is 2.72. The predicted molar refractivity (Wildman–Crippen MR) is 89.2 cm³/mol. The minimum Gasteiger partial charge on any atom is -0.408 e. The Morgan fingerprint density at radius 1 is 0.850 bits per heavy atom. The summed E-state index contributed by atoms with van der Waals surface area (Å²) in [7, 11) is -2.15. The summed E-state index contributed by atoms with van der Waals surface area (Å²) in [5, 5.41) is 2.75. The molecule has 0 saturated heterocycles. The van der Waals surface area contributed by atoms with Crippen molar-refractivity contribution in [1.29, 1.82) is 0 Å². The summed E-state index contributed by atoms with van der Waals surface area (Å²) in [5.74, 6) is 0. The van der Waals surface area contributed by atoms with Crippen molar-refractivity contribution in [3.8, 4) is 0 Å². The van der Waals surface area contributed by atoms with Gasteiger partial charge >= 0.3 is 0 Å². The molecule has 1 unspecified atom stereocenters. The monoisotopic (exact) mass is 284 g/mol. The Kier molecular flexibility index (Phi) is 5.15. The standard InChI is InChI=1S/C18H24OSi/c1-4-16(3)20(19-5-2,17-12-8-6-9-13-17)18-14-10-7-11-15-18/h6-16H,4-5H2,1-3H3. The second kappa shape index (κ2) is 6.87. The van der Waals surface area contributed by atoms with Crippen molar-refractivity contribution < 1.29 is 4.43 Å². The Morgan fingerprint density at radius 2 is 1.30 bits per heavy atom. The Hall–Kier alpha value is -1.38. The van der Waals surface area contributed by atoms with Gasteiger partial charge in [0.15, 0.2) is 0 Å². The van der Waals surface area contributed by atoms with Crippen LogP contribution in [0.3, 0.4) is 0 Å². The van der Waals surface area contributed by atoms with E-state index < -0.39 is 8.32 Å². The average Bonchev–Trinajstić information content (AvgIpc) is 2.53. The van der Waals surface area contributed by atoms with Crippen molar-refractivity contribution in [2.24, 2.45) is 0 Å². The summed E-state index contributed by atoms with van der Waals surface area (Å²) >= 11 is 0. The largest absolute Gasteiger partial charge is 0.408 e. The molecule has 0 aromatic heterocycles. The maximum Gasteiger partial charge on any atom is 0.258 e. The van der Waals surface area contributed by atoms with E-state index in [0.29, 0.717) is 5.54 Å². The van der Waals surface area contributed by atoms with Gasteiger partial charge in [0, 0.05) is 6.61 Å². The highest BCUT2D eigenvalue weighted by atomic mass is 28.4. The first-order chi connectivity index (χ1) is 9.75. The van der Waals surface area contributed by atoms with Crippen LogP contribution in [-0.2, 0) is 4.43 Å². The molecular weight excluding hydrogens is 260 g/mol. The Labute approximate surface area is 123 Å². The number of rotatable bonds is 6. The highest BCUT2D eigenvalue weighted by molar-refractivity contribution is 6.98. The minimum atomic E-state index is -2.15. The van der Waals surface area contributed by atoms with Crippen LogP contribution in [0.25, 0.3) is 0 Å². The lowest BCUT2D eigenvalue weighted by Gasteiger charge is -2.37. The molecule has 20 heavy (non-hydrogen) atoms.